The Labute approximate surface area is 115 Å². The summed E-state index contributed by atoms with van der Waals surface area (Å²) in [7, 11) is 0. The van der Waals surface area contributed by atoms with E-state index in [4.69, 9.17) is 11.1 Å². The van der Waals surface area contributed by atoms with Crippen molar-refractivity contribution in [1.29, 1.82) is 5.41 Å². The van der Waals surface area contributed by atoms with Crippen molar-refractivity contribution in [1.82, 2.24) is 0 Å². The number of hydrogen-bond donors (Lipinski definition) is 2. The van der Waals surface area contributed by atoms with Crippen LogP contribution in [-0.2, 0) is 0 Å². The van der Waals surface area contributed by atoms with Gasteiger partial charge < -0.3 is 10.6 Å². The summed E-state index contributed by atoms with van der Waals surface area (Å²) in [5, 5.41) is 7.46. The summed E-state index contributed by atoms with van der Waals surface area (Å²) in [6, 6.07) is 8.96. The van der Waals surface area contributed by atoms with Gasteiger partial charge in [0.1, 0.15) is 5.84 Å². The Morgan fingerprint density at radius 1 is 1.05 bits per heavy atom. The van der Waals surface area contributed by atoms with Crippen LogP contribution in [0.15, 0.2) is 24.3 Å². The SMILES string of the molecule is N=C(N)c1ccc(N2CCC[C@H]3CCCC[C@H]32)cc1. The van der Waals surface area contributed by atoms with Crippen LogP contribution in [0.25, 0.3) is 0 Å². The van der Waals surface area contributed by atoms with E-state index in [0.29, 0.717) is 0 Å². The Balaban J connectivity index is 1.81. The highest BCUT2D eigenvalue weighted by Gasteiger charge is 2.33. The second-order valence-electron chi connectivity index (χ2n) is 5.91. The van der Waals surface area contributed by atoms with Gasteiger partial charge in [-0.1, -0.05) is 12.8 Å². The van der Waals surface area contributed by atoms with E-state index in [1.807, 2.05) is 12.1 Å². The highest BCUT2D eigenvalue weighted by atomic mass is 15.2. The van der Waals surface area contributed by atoms with Gasteiger partial charge in [-0.05, 0) is 55.9 Å². The molecule has 3 rings (SSSR count). The van der Waals surface area contributed by atoms with Gasteiger partial charge in [0.2, 0.25) is 0 Å². The van der Waals surface area contributed by atoms with Crippen LogP contribution >= 0.6 is 0 Å². The van der Waals surface area contributed by atoms with Crippen molar-refractivity contribution in [3.05, 3.63) is 29.8 Å². The maximum absolute atomic E-state index is 7.46. The van der Waals surface area contributed by atoms with E-state index in [1.165, 1.54) is 50.8 Å². The Morgan fingerprint density at radius 2 is 1.74 bits per heavy atom. The van der Waals surface area contributed by atoms with Crippen molar-refractivity contribution < 1.29 is 0 Å². The van der Waals surface area contributed by atoms with Gasteiger partial charge in [0.05, 0.1) is 0 Å². The molecule has 3 N–H and O–H groups in total. The predicted octanol–water partition coefficient (Wildman–Crippen LogP) is 3.13. The van der Waals surface area contributed by atoms with Gasteiger partial charge in [0, 0.05) is 23.8 Å². The van der Waals surface area contributed by atoms with Crippen molar-refractivity contribution in [2.45, 2.75) is 44.6 Å². The number of nitrogen functional groups attached to an aromatic ring is 1. The van der Waals surface area contributed by atoms with E-state index < -0.39 is 0 Å². The maximum Gasteiger partial charge on any atom is 0.122 e. The molecule has 1 aliphatic carbocycles. The molecule has 102 valence electrons. The van der Waals surface area contributed by atoms with Crippen molar-refractivity contribution in [2.75, 3.05) is 11.4 Å². The topological polar surface area (TPSA) is 53.1 Å². The Kier molecular flexibility index (Phi) is 3.45. The normalized spacial score (nSPS) is 26.8. The minimum atomic E-state index is 0.153. The van der Waals surface area contributed by atoms with Crippen LogP contribution < -0.4 is 10.6 Å². The molecule has 0 unspecified atom stereocenters. The second kappa shape index (κ2) is 5.24. The fourth-order valence-electron chi connectivity index (χ4n) is 3.78. The summed E-state index contributed by atoms with van der Waals surface area (Å²) in [6.45, 7) is 1.18. The van der Waals surface area contributed by atoms with Crippen molar-refractivity contribution in [2.24, 2.45) is 11.7 Å². The number of piperidine rings is 1. The molecule has 0 spiro atoms. The number of benzene rings is 1. The molecule has 0 aromatic heterocycles. The molecule has 1 saturated carbocycles. The lowest BCUT2D eigenvalue weighted by Gasteiger charge is -2.45. The van der Waals surface area contributed by atoms with Crippen LogP contribution in [0.5, 0.6) is 0 Å². The molecular weight excluding hydrogens is 234 g/mol. The summed E-state index contributed by atoms with van der Waals surface area (Å²) in [4.78, 5) is 2.59. The first-order valence-electron chi connectivity index (χ1n) is 7.47. The van der Waals surface area contributed by atoms with Gasteiger partial charge in [0.25, 0.3) is 0 Å². The van der Waals surface area contributed by atoms with Gasteiger partial charge >= 0.3 is 0 Å². The molecule has 1 heterocycles. The molecule has 2 fully saturated rings. The van der Waals surface area contributed by atoms with Crippen LogP contribution in [-0.4, -0.2) is 18.4 Å². The van der Waals surface area contributed by atoms with Gasteiger partial charge in [-0.15, -0.1) is 0 Å². The van der Waals surface area contributed by atoms with Crippen LogP contribution in [0.3, 0.4) is 0 Å². The van der Waals surface area contributed by atoms with Crippen molar-refractivity contribution >= 4 is 11.5 Å². The smallest absolute Gasteiger partial charge is 0.122 e. The second-order valence-corrected chi connectivity index (χ2v) is 5.91. The lowest BCUT2D eigenvalue weighted by Crippen LogP contribution is -2.46. The highest BCUT2D eigenvalue weighted by molar-refractivity contribution is 5.95. The molecule has 3 nitrogen and oxygen atoms in total. The van der Waals surface area contributed by atoms with Gasteiger partial charge in [-0.3, -0.25) is 5.41 Å². The zero-order chi connectivity index (χ0) is 13.2. The highest BCUT2D eigenvalue weighted by Crippen LogP contribution is 2.37. The largest absolute Gasteiger partial charge is 0.384 e. The van der Waals surface area contributed by atoms with E-state index in [2.05, 4.69) is 17.0 Å². The molecule has 2 aliphatic rings. The molecule has 0 radical (unpaired) electrons. The minimum Gasteiger partial charge on any atom is -0.384 e. The summed E-state index contributed by atoms with van der Waals surface area (Å²) < 4.78 is 0. The third kappa shape index (κ3) is 2.46. The summed E-state index contributed by atoms with van der Waals surface area (Å²) in [6.07, 6.45) is 8.27. The quantitative estimate of drug-likeness (QED) is 0.631. The van der Waals surface area contributed by atoms with Crippen LogP contribution in [0.2, 0.25) is 0 Å². The Hall–Kier alpha value is -1.51. The van der Waals surface area contributed by atoms with Crippen LogP contribution in [0.1, 0.15) is 44.1 Å². The number of nitrogens with one attached hydrogen (secondary N) is 1. The first kappa shape index (κ1) is 12.5. The fraction of sp³-hybridized carbons (Fsp3) is 0.562. The van der Waals surface area contributed by atoms with E-state index in [0.717, 1.165) is 17.5 Å². The van der Waals surface area contributed by atoms with Crippen molar-refractivity contribution in [3.63, 3.8) is 0 Å². The molecule has 1 aromatic rings. The molecule has 0 bridgehead atoms. The van der Waals surface area contributed by atoms with Crippen molar-refractivity contribution in [3.8, 4) is 0 Å². The monoisotopic (exact) mass is 257 g/mol. The third-order valence-electron chi connectivity index (χ3n) is 4.75. The minimum absolute atomic E-state index is 0.153. The zero-order valence-electron chi connectivity index (χ0n) is 11.4. The molecule has 1 aliphatic heterocycles. The van der Waals surface area contributed by atoms with E-state index in [1.54, 1.807) is 0 Å². The number of nitrogens with zero attached hydrogens (tertiary/aromatic N) is 1. The summed E-state index contributed by atoms with van der Waals surface area (Å²) in [5.41, 5.74) is 7.65. The van der Waals surface area contributed by atoms with E-state index in [-0.39, 0.29) is 5.84 Å². The number of rotatable bonds is 2. The number of fused-ring (bicyclic) bond motifs is 1. The maximum atomic E-state index is 7.46. The number of amidine groups is 1. The number of nitrogens with two attached hydrogens (primary N) is 1. The first-order chi connectivity index (χ1) is 9.25. The molecular formula is C16H23N3. The molecule has 0 amide bonds. The Morgan fingerprint density at radius 3 is 2.47 bits per heavy atom. The van der Waals surface area contributed by atoms with Gasteiger partial charge in [-0.2, -0.15) is 0 Å². The fourth-order valence-corrected chi connectivity index (χ4v) is 3.78. The molecule has 2 atom stereocenters. The first-order valence-corrected chi connectivity index (χ1v) is 7.47. The average Bonchev–Trinajstić information content (AvgIpc) is 2.47. The lowest BCUT2D eigenvalue weighted by molar-refractivity contribution is 0.244. The standard InChI is InChI=1S/C16H23N3/c17-16(18)13-7-9-14(10-8-13)19-11-3-5-12-4-1-2-6-15(12)19/h7-10,12,15H,1-6,11H2,(H3,17,18)/t12-,15-/m1/s1. The number of anilines is 1. The third-order valence-corrected chi connectivity index (χ3v) is 4.75. The Bertz CT molecular complexity index is 450. The van der Waals surface area contributed by atoms with Gasteiger partial charge in [0.15, 0.2) is 0 Å². The molecule has 1 aromatic carbocycles. The van der Waals surface area contributed by atoms with Crippen LogP contribution in [0, 0.1) is 11.3 Å². The molecule has 1 saturated heterocycles. The van der Waals surface area contributed by atoms with E-state index in [9.17, 15) is 0 Å². The molecule has 19 heavy (non-hydrogen) atoms. The lowest BCUT2D eigenvalue weighted by atomic mass is 9.78. The summed E-state index contributed by atoms with van der Waals surface area (Å²) >= 11 is 0. The van der Waals surface area contributed by atoms with Crippen LogP contribution in [0.4, 0.5) is 5.69 Å². The van der Waals surface area contributed by atoms with E-state index >= 15 is 0 Å². The predicted molar refractivity (Wildman–Crippen MR) is 79.8 cm³/mol. The van der Waals surface area contributed by atoms with Gasteiger partial charge in [-0.25, -0.2) is 0 Å². The zero-order valence-corrected chi connectivity index (χ0v) is 11.4. The molecule has 3 heteroatoms. The number of hydrogen-bond acceptors (Lipinski definition) is 2. The summed E-state index contributed by atoms with van der Waals surface area (Å²) in [5.74, 6) is 1.05. The average molecular weight is 257 g/mol.